The summed E-state index contributed by atoms with van der Waals surface area (Å²) in [6, 6.07) is 8.00. The maximum atomic E-state index is 11.9. The van der Waals surface area contributed by atoms with Gasteiger partial charge in [0.2, 0.25) is 5.95 Å². The Morgan fingerprint density at radius 1 is 1.19 bits per heavy atom. The molecule has 3 aliphatic rings. The first-order valence-electron chi connectivity index (χ1n) is 11.3. The molecule has 5 heterocycles. The second-order valence-corrected chi connectivity index (χ2v) is 9.59. The predicted molar refractivity (Wildman–Crippen MR) is 123 cm³/mol. The van der Waals surface area contributed by atoms with Crippen LogP contribution in [0.5, 0.6) is 0 Å². The van der Waals surface area contributed by atoms with Crippen LogP contribution in [0.25, 0.3) is 10.6 Å². The summed E-state index contributed by atoms with van der Waals surface area (Å²) in [6.45, 7) is 5.26. The van der Waals surface area contributed by atoms with E-state index in [4.69, 9.17) is 9.72 Å². The smallest absolute Gasteiger partial charge is 0.409 e. The quantitative estimate of drug-likeness (QED) is 0.736. The van der Waals surface area contributed by atoms with Crippen molar-refractivity contribution < 1.29 is 9.53 Å². The average molecular weight is 443 g/mol. The maximum absolute atomic E-state index is 11.9. The molecular formula is C22H30N6O2S. The van der Waals surface area contributed by atoms with Gasteiger partial charge >= 0.3 is 6.09 Å². The number of hydrogen-bond donors (Lipinski definition) is 2. The molecule has 8 nitrogen and oxygen atoms in total. The SMILES string of the molecule is CCOC(=O)N1CCN(c2ccc(-c3ccnc(N[C@H]4C[C@H]5CC[C@@H](C4)N5)n3)s2)CC1. The summed E-state index contributed by atoms with van der Waals surface area (Å²) in [5.74, 6) is 0.724. The third-order valence-electron chi connectivity index (χ3n) is 6.42. The van der Waals surface area contributed by atoms with Crippen molar-refractivity contribution in [3.63, 3.8) is 0 Å². The van der Waals surface area contributed by atoms with Gasteiger partial charge in [0.15, 0.2) is 0 Å². The van der Waals surface area contributed by atoms with Crippen molar-refractivity contribution in [2.45, 2.75) is 50.7 Å². The lowest BCUT2D eigenvalue weighted by molar-refractivity contribution is 0.105. The second kappa shape index (κ2) is 9.00. The number of hydrogen-bond acceptors (Lipinski definition) is 8. The average Bonchev–Trinajstić information content (AvgIpc) is 3.41. The number of amides is 1. The Kier molecular flexibility index (Phi) is 5.95. The fraction of sp³-hybridized carbons (Fsp3) is 0.591. The Hall–Kier alpha value is -2.39. The molecular weight excluding hydrogens is 412 g/mol. The summed E-state index contributed by atoms with van der Waals surface area (Å²) in [5, 5.41) is 8.46. The van der Waals surface area contributed by atoms with Crippen LogP contribution >= 0.6 is 11.3 Å². The van der Waals surface area contributed by atoms with Crippen molar-refractivity contribution in [2.24, 2.45) is 0 Å². The molecule has 3 fully saturated rings. The topological polar surface area (TPSA) is 82.6 Å². The second-order valence-electron chi connectivity index (χ2n) is 8.53. The molecule has 2 aromatic heterocycles. The molecule has 3 aliphatic heterocycles. The number of nitrogens with zero attached hydrogens (tertiary/aromatic N) is 4. The van der Waals surface area contributed by atoms with Gasteiger partial charge < -0.3 is 25.2 Å². The minimum Gasteiger partial charge on any atom is -0.450 e. The number of thiophene rings is 1. The number of piperidine rings is 1. The van der Waals surface area contributed by atoms with Crippen molar-refractivity contribution in [1.82, 2.24) is 20.2 Å². The minimum atomic E-state index is -0.211. The van der Waals surface area contributed by atoms with Crippen LogP contribution in [0, 0.1) is 0 Å². The fourth-order valence-electron chi connectivity index (χ4n) is 4.88. The molecule has 3 saturated heterocycles. The first kappa shape index (κ1) is 20.5. The van der Waals surface area contributed by atoms with Crippen molar-refractivity contribution in [2.75, 3.05) is 43.0 Å². The number of carbonyl (C=O) groups excluding carboxylic acids is 1. The van der Waals surface area contributed by atoms with Gasteiger partial charge in [-0.3, -0.25) is 0 Å². The standard InChI is InChI=1S/C22H30N6O2S/c1-2-30-22(29)28-11-9-27(10-12-28)20-6-5-19(31-20)18-7-8-23-21(26-18)25-17-13-15-3-4-16(14-17)24-15/h5-8,15-17,24H,2-4,9-14H2,1H3,(H,23,25,26)/t15-,16+,17+. The van der Waals surface area contributed by atoms with E-state index in [-0.39, 0.29) is 6.09 Å². The monoisotopic (exact) mass is 442 g/mol. The zero-order valence-corrected chi connectivity index (χ0v) is 18.7. The van der Waals surface area contributed by atoms with Gasteiger partial charge in [-0.15, -0.1) is 11.3 Å². The van der Waals surface area contributed by atoms with Crippen molar-refractivity contribution in [3.05, 3.63) is 24.4 Å². The normalized spacial score (nSPS) is 25.5. The maximum Gasteiger partial charge on any atom is 0.409 e. The zero-order chi connectivity index (χ0) is 21.2. The number of carbonyl (C=O) groups is 1. The number of nitrogens with one attached hydrogen (secondary N) is 2. The number of piperazine rings is 1. The van der Waals surface area contributed by atoms with Crippen molar-refractivity contribution >= 4 is 28.4 Å². The van der Waals surface area contributed by atoms with Crippen LogP contribution in [0.15, 0.2) is 24.4 Å². The molecule has 166 valence electrons. The highest BCUT2D eigenvalue weighted by atomic mass is 32.1. The lowest BCUT2D eigenvalue weighted by Gasteiger charge is -2.34. The number of rotatable bonds is 5. The molecule has 0 aromatic carbocycles. The van der Waals surface area contributed by atoms with E-state index in [1.165, 1.54) is 17.8 Å². The van der Waals surface area contributed by atoms with Crippen LogP contribution < -0.4 is 15.5 Å². The Balaban J connectivity index is 1.21. The zero-order valence-electron chi connectivity index (χ0n) is 17.9. The van der Waals surface area contributed by atoms with E-state index in [9.17, 15) is 4.79 Å². The molecule has 5 rings (SSSR count). The van der Waals surface area contributed by atoms with E-state index in [1.807, 2.05) is 19.2 Å². The molecule has 0 spiro atoms. The van der Waals surface area contributed by atoms with E-state index in [0.29, 0.717) is 37.8 Å². The van der Waals surface area contributed by atoms with Gasteiger partial charge in [-0.25, -0.2) is 14.8 Å². The summed E-state index contributed by atoms with van der Waals surface area (Å²) in [6.07, 6.45) is 6.50. The van der Waals surface area contributed by atoms with Crippen LogP contribution in [-0.4, -0.2) is 71.9 Å². The third kappa shape index (κ3) is 4.62. The minimum absolute atomic E-state index is 0.211. The van der Waals surface area contributed by atoms with E-state index < -0.39 is 0 Å². The van der Waals surface area contributed by atoms with Gasteiger partial charge in [-0.05, 0) is 50.8 Å². The van der Waals surface area contributed by atoms with Crippen LogP contribution in [0.1, 0.15) is 32.6 Å². The fourth-order valence-corrected chi connectivity index (χ4v) is 5.91. The summed E-state index contributed by atoms with van der Waals surface area (Å²) in [5.41, 5.74) is 0.954. The first-order valence-corrected chi connectivity index (χ1v) is 12.1. The predicted octanol–water partition coefficient (Wildman–Crippen LogP) is 3.18. The lowest BCUT2D eigenvalue weighted by atomic mass is 10.0. The molecule has 0 aliphatic carbocycles. The van der Waals surface area contributed by atoms with Crippen molar-refractivity contribution in [1.29, 1.82) is 0 Å². The third-order valence-corrected chi connectivity index (χ3v) is 7.59. The highest BCUT2D eigenvalue weighted by molar-refractivity contribution is 7.19. The molecule has 3 atom stereocenters. The molecule has 2 aromatic rings. The van der Waals surface area contributed by atoms with Crippen molar-refractivity contribution in [3.8, 4) is 10.6 Å². The Morgan fingerprint density at radius 2 is 1.97 bits per heavy atom. The largest absolute Gasteiger partial charge is 0.450 e. The number of anilines is 2. The Morgan fingerprint density at radius 3 is 2.71 bits per heavy atom. The molecule has 2 N–H and O–H groups in total. The Labute approximate surface area is 187 Å². The van der Waals surface area contributed by atoms with Crippen LogP contribution in [0.2, 0.25) is 0 Å². The molecule has 0 radical (unpaired) electrons. The highest BCUT2D eigenvalue weighted by Gasteiger charge is 2.33. The van der Waals surface area contributed by atoms with Gasteiger partial charge in [0.25, 0.3) is 0 Å². The molecule has 0 saturated carbocycles. The summed E-state index contributed by atoms with van der Waals surface area (Å²) >= 11 is 1.74. The summed E-state index contributed by atoms with van der Waals surface area (Å²) in [4.78, 5) is 26.4. The first-order chi connectivity index (χ1) is 15.2. The van der Waals surface area contributed by atoms with Crippen LogP contribution in [-0.2, 0) is 4.74 Å². The van der Waals surface area contributed by atoms with Crippen LogP contribution in [0.4, 0.5) is 15.7 Å². The molecule has 9 heteroatoms. The number of ether oxygens (including phenoxy) is 1. The van der Waals surface area contributed by atoms with E-state index in [1.54, 1.807) is 16.2 Å². The van der Waals surface area contributed by atoms with Gasteiger partial charge in [0.05, 0.1) is 22.2 Å². The summed E-state index contributed by atoms with van der Waals surface area (Å²) < 4.78 is 5.11. The van der Waals surface area contributed by atoms with E-state index in [0.717, 1.165) is 42.5 Å². The molecule has 31 heavy (non-hydrogen) atoms. The van der Waals surface area contributed by atoms with Gasteiger partial charge in [0.1, 0.15) is 0 Å². The number of fused-ring (bicyclic) bond motifs is 2. The van der Waals surface area contributed by atoms with Gasteiger partial charge in [-0.2, -0.15) is 0 Å². The van der Waals surface area contributed by atoms with Gasteiger partial charge in [-0.1, -0.05) is 0 Å². The Bertz CT molecular complexity index is 901. The number of aromatic nitrogens is 2. The van der Waals surface area contributed by atoms with E-state index >= 15 is 0 Å². The van der Waals surface area contributed by atoms with E-state index in [2.05, 4.69) is 32.7 Å². The highest BCUT2D eigenvalue weighted by Crippen LogP contribution is 2.34. The summed E-state index contributed by atoms with van der Waals surface area (Å²) in [7, 11) is 0. The lowest BCUT2D eigenvalue weighted by Crippen LogP contribution is -2.48. The molecule has 2 bridgehead atoms. The van der Waals surface area contributed by atoms with Gasteiger partial charge in [0, 0.05) is 50.5 Å². The molecule has 1 amide bonds. The molecule has 0 unspecified atom stereocenters. The van der Waals surface area contributed by atoms with Crippen LogP contribution in [0.3, 0.4) is 0 Å².